The van der Waals surface area contributed by atoms with Crippen LogP contribution in [0.2, 0.25) is 5.02 Å². The summed E-state index contributed by atoms with van der Waals surface area (Å²) in [5.74, 6) is 0.349. The topological polar surface area (TPSA) is 45.6 Å². The van der Waals surface area contributed by atoms with Gasteiger partial charge >= 0.3 is 0 Å². The van der Waals surface area contributed by atoms with E-state index in [4.69, 9.17) is 11.6 Å². The van der Waals surface area contributed by atoms with Gasteiger partial charge in [0, 0.05) is 46.6 Å². The lowest BCUT2D eigenvalue weighted by Gasteiger charge is -2.30. The molecular weight excluding hydrogens is 538 g/mol. The zero-order valence-corrected chi connectivity index (χ0v) is 23.8. The molecule has 0 spiro atoms. The third-order valence-corrected chi connectivity index (χ3v) is 6.70. The second-order valence-corrected chi connectivity index (χ2v) is 11.3. The molecule has 7 heteroatoms. The van der Waals surface area contributed by atoms with Gasteiger partial charge in [0.1, 0.15) is 6.54 Å². The molecule has 0 saturated carbocycles. The van der Waals surface area contributed by atoms with E-state index in [1.54, 1.807) is 17.0 Å². The highest BCUT2D eigenvalue weighted by Crippen LogP contribution is 2.19. The molecule has 192 valence electrons. The van der Waals surface area contributed by atoms with Gasteiger partial charge in [-0.2, -0.15) is 0 Å². The standard InChI is InChI=1S/C29H35BrClN3O2/c1-21(2)16-33(19-26-9-7-15-32(26)18-24-8-5-6-10-27(24)31)28(35)20-34(17-22(3)4)29(36)23-11-13-25(30)14-12-23/h5-15,21-22H,16-20H2,1-4H3. The largest absolute Gasteiger partial charge is 0.345 e. The summed E-state index contributed by atoms with van der Waals surface area (Å²) >= 11 is 9.81. The number of carbonyl (C=O) groups is 2. The van der Waals surface area contributed by atoms with Crippen molar-refractivity contribution in [2.24, 2.45) is 11.8 Å². The van der Waals surface area contributed by atoms with Crippen molar-refractivity contribution < 1.29 is 9.59 Å². The minimum atomic E-state index is -0.129. The van der Waals surface area contributed by atoms with Crippen molar-refractivity contribution in [1.29, 1.82) is 0 Å². The monoisotopic (exact) mass is 571 g/mol. The molecular formula is C29H35BrClN3O2. The summed E-state index contributed by atoms with van der Waals surface area (Å²) in [5.41, 5.74) is 2.63. The van der Waals surface area contributed by atoms with Crippen LogP contribution in [-0.2, 0) is 17.9 Å². The number of hydrogen-bond acceptors (Lipinski definition) is 2. The van der Waals surface area contributed by atoms with E-state index in [0.29, 0.717) is 37.7 Å². The van der Waals surface area contributed by atoms with Crippen LogP contribution in [0.5, 0.6) is 0 Å². The average molecular weight is 573 g/mol. The Morgan fingerprint density at radius 1 is 0.889 bits per heavy atom. The molecule has 5 nitrogen and oxygen atoms in total. The predicted octanol–water partition coefficient (Wildman–Crippen LogP) is 6.74. The van der Waals surface area contributed by atoms with Gasteiger partial charge < -0.3 is 14.4 Å². The third-order valence-electron chi connectivity index (χ3n) is 5.80. The maximum atomic E-state index is 13.6. The summed E-state index contributed by atoms with van der Waals surface area (Å²) in [6, 6.07) is 19.1. The molecule has 3 rings (SSSR count). The molecule has 3 aromatic rings. The van der Waals surface area contributed by atoms with Crippen molar-refractivity contribution in [2.75, 3.05) is 19.6 Å². The van der Waals surface area contributed by atoms with Gasteiger partial charge in [-0.25, -0.2) is 0 Å². The highest BCUT2D eigenvalue weighted by Gasteiger charge is 2.24. The Morgan fingerprint density at radius 3 is 2.17 bits per heavy atom. The molecule has 0 N–H and O–H groups in total. The quantitative estimate of drug-likeness (QED) is 0.256. The Labute approximate surface area is 228 Å². The summed E-state index contributed by atoms with van der Waals surface area (Å²) in [5, 5.41) is 0.725. The lowest BCUT2D eigenvalue weighted by atomic mass is 10.1. The van der Waals surface area contributed by atoms with Gasteiger partial charge in [0.2, 0.25) is 5.91 Å². The van der Waals surface area contributed by atoms with Crippen LogP contribution in [-0.4, -0.2) is 45.8 Å². The van der Waals surface area contributed by atoms with Crippen LogP contribution in [0, 0.1) is 11.8 Å². The number of amides is 2. The molecule has 0 saturated heterocycles. The Balaban J connectivity index is 1.79. The number of benzene rings is 2. The minimum Gasteiger partial charge on any atom is -0.345 e. The first-order valence-corrected chi connectivity index (χ1v) is 13.5. The molecule has 0 radical (unpaired) electrons. The highest BCUT2D eigenvalue weighted by molar-refractivity contribution is 9.10. The minimum absolute atomic E-state index is 0.0466. The molecule has 0 fully saturated rings. The van der Waals surface area contributed by atoms with E-state index in [1.807, 2.05) is 59.6 Å². The molecule has 0 bridgehead atoms. The van der Waals surface area contributed by atoms with Gasteiger partial charge in [-0.05, 0) is 59.9 Å². The molecule has 1 aromatic heterocycles. The van der Waals surface area contributed by atoms with Gasteiger partial charge in [0.05, 0.1) is 6.54 Å². The van der Waals surface area contributed by atoms with Crippen LogP contribution in [0.1, 0.15) is 49.3 Å². The molecule has 1 heterocycles. The third kappa shape index (κ3) is 7.97. The van der Waals surface area contributed by atoms with Crippen LogP contribution in [0.25, 0.3) is 0 Å². The van der Waals surface area contributed by atoms with Crippen molar-refractivity contribution >= 4 is 39.3 Å². The second-order valence-electron chi connectivity index (χ2n) is 9.97. The van der Waals surface area contributed by atoms with Crippen LogP contribution >= 0.6 is 27.5 Å². The summed E-state index contributed by atoms with van der Waals surface area (Å²) in [7, 11) is 0. The Morgan fingerprint density at radius 2 is 1.53 bits per heavy atom. The number of aromatic nitrogens is 1. The van der Waals surface area contributed by atoms with Crippen LogP contribution in [0.3, 0.4) is 0 Å². The fraction of sp³-hybridized carbons (Fsp3) is 0.379. The van der Waals surface area contributed by atoms with Crippen molar-refractivity contribution in [2.45, 2.75) is 40.8 Å². The van der Waals surface area contributed by atoms with Gasteiger partial charge in [-0.1, -0.05) is 73.4 Å². The van der Waals surface area contributed by atoms with E-state index in [-0.39, 0.29) is 24.3 Å². The maximum absolute atomic E-state index is 13.6. The predicted molar refractivity (Wildman–Crippen MR) is 150 cm³/mol. The summed E-state index contributed by atoms with van der Waals surface area (Å²) in [6.07, 6.45) is 2.01. The zero-order valence-electron chi connectivity index (χ0n) is 21.5. The summed E-state index contributed by atoms with van der Waals surface area (Å²) in [6.45, 7) is 10.6. The number of carbonyl (C=O) groups excluding carboxylic acids is 2. The van der Waals surface area contributed by atoms with Gasteiger partial charge in [0.25, 0.3) is 5.91 Å². The van der Waals surface area contributed by atoms with Gasteiger partial charge in [-0.15, -0.1) is 0 Å². The van der Waals surface area contributed by atoms with Crippen LogP contribution in [0.4, 0.5) is 0 Å². The van der Waals surface area contributed by atoms with E-state index >= 15 is 0 Å². The molecule has 36 heavy (non-hydrogen) atoms. The first-order valence-electron chi connectivity index (χ1n) is 12.3. The Bertz CT molecular complexity index is 1160. The van der Waals surface area contributed by atoms with Gasteiger partial charge in [-0.3, -0.25) is 9.59 Å². The fourth-order valence-electron chi connectivity index (χ4n) is 4.15. The maximum Gasteiger partial charge on any atom is 0.254 e. The number of hydrogen-bond donors (Lipinski definition) is 0. The van der Waals surface area contributed by atoms with E-state index in [1.165, 1.54) is 0 Å². The Hall–Kier alpha value is -2.57. The van der Waals surface area contributed by atoms with E-state index in [0.717, 1.165) is 20.8 Å². The fourth-order valence-corrected chi connectivity index (χ4v) is 4.61. The van der Waals surface area contributed by atoms with E-state index < -0.39 is 0 Å². The smallest absolute Gasteiger partial charge is 0.254 e. The number of nitrogens with zero attached hydrogens (tertiary/aromatic N) is 3. The molecule has 0 aliphatic heterocycles. The van der Waals surface area contributed by atoms with Gasteiger partial charge in [0.15, 0.2) is 0 Å². The van der Waals surface area contributed by atoms with E-state index in [9.17, 15) is 9.59 Å². The summed E-state index contributed by atoms with van der Waals surface area (Å²) in [4.78, 5) is 30.4. The first kappa shape index (κ1) is 28.0. The van der Waals surface area contributed by atoms with E-state index in [2.05, 4.69) is 48.2 Å². The lowest BCUT2D eigenvalue weighted by Crippen LogP contribution is -2.45. The van der Waals surface area contributed by atoms with Crippen LogP contribution in [0.15, 0.2) is 71.3 Å². The van der Waals surface area contributed by atoms with Crippen molar-refractivity contribution in [1.82, 2.24) is 14.4 Å². The molecule has 0 aliphatic carbocycles. The van der Waals surface area contributed by atoms with Crippen molar-refractivity contribution in [3.63, 3.8) is 0 Å². The molecule has 2 amide bonds. The highest BCUT2D eigenvalue weighted by atomic mass is 79.9. The average Bonchev–Trinajstić information content (AvgIpc) is 3.25. The zero-order chi connectivity index (χ0) is 26.2. The van der Waals surface area contributed by atoms with Crippen molar-refractivity contribution in [3.05, 3.63) is 93.2 Å². The molecule has 0 unspecified atom stereocenters. The molecule has 2 aromatic carbocycles. The number of rotatable bonds is 11. The normalized spacial score (nSPS) is 11.2. The number of halogens is 2. The van der Waals surface area contributed by atoms with Crippen molar-refractivity contribution in [3.8, 4) is 0 Å². The van der Waals surface area contributed by atoms with Crippen LogP contribution < -0.4 is 0 Å². The Kier molecular flexibility index (Phi) is 10.2. The SMILES string of the molecule is CC(C)CN(Cc1cccn1Cc1ccccc1Cl)C(=O)CN(CC(C)C)C(=O)c1ccc(Br)cc1. The first-order chi connectivity index (χ1) is 17.1. The lowest BCUT2D eigenvalue weighted by molar-refractivity contribution is -0.133. The summed E-state index contributed by atoms with van der Waals surface area (Å²) < 4.78 is 3.04. The molecule has 0 atom stereocenters. The molecule has 0 aliphatic rings. The second kappa shape index (κ2) is 13.1.